The van der Waals surface area contributed by atoms with Gasteiger partial charge in [-0.1, -0.05) is 31.1 Å². The fourth-order valence-electron chi connectivity index (χ4n) is 5.85. The molecule has 22 heavy (non-hydrogen) atoms. The van der Waals surface area contributed by atoms with Gasteiger partial charge in [-0.15, -0.1) is 0 Å². The molecule has 0 amide bonds. The highest BCUT2D eigenvalue weighted by molar-refractivity contribution is 5.40. The Morgan fingerprint density at radius 1 is 1.05 bits per heavy atom. The summed E-state index contributed by atoms with van der Waals surface area (Å²) < 4.78 is 0. The zero-order valence-electron chi connectivity index (χ0n) is 13.6. The third-order valence-corrected chi connectivity index (χ3v) is 7.34. The molecule has 3 N–H and O–H groups in total. The number of fused-ring (bicyclic) bond motifs is 4. The molecule has 2 unspecified atom stereocenters. The molecule has 0 heterocycles. The minimum Gasteiger partial charge on any atom is -0.392 e. The van der Waals surface area contributed by atoms with Crippen LogP contribution in [0.2, 0.25) is 0 Å². The van der Waals surface area contributed by atoms with Crippen LogP contribution < -0.4 is 0 Å². The van der Waals surface area contributed by atoms with Crippen LogP contribution in [0.1, 0.15) is 52.4 Å². The lowest BCUT2D eigenvalue weighted by atomic mass is 9.57. The third kappa shape index (κ3) is 1.92. The van der Waals surface area contributed by atoms with E-state index in [-0.39, 0.29) is 23.5 Å². The average Bonchev–Trinajstić information content (AvgIpc) is 2.70. The highest BCUT2D eigenvalue weighted by Crippen LogP contribution is 2.60. The summed E-state index contributed by atoms with van der Waals surface area (Å²) in [5, 5.41) is 31.1. The van der Waals surface area contributed by atoms with Crippen molar-refractivity contribution >= 4 is 0 Å². The van der Waals surface area contributed by atoms with Gasteiger partial charge in [0.05, 0.1) is 18.3 Å². The Balaban J connectivity index is 1.79. The molecule has 3 nitrogen and oxygen atoms in total. The Morgan fingerprint density at radius 2 is 1.82 bits per heavy atom. The summed E-state index contributed by atoms with van der Waals surface area (Å²) in [7, 11) is 0. The van der Waals surface area contributed by atoms with Crippen LogP contribution in [0.25, 0.3) is 0 Å². The third-order valence-electron chi connectivity index (χ3n) is 7.34. The van der Waals surface area contributed by atoms with Crippen LogP contribution in [0, 0.1) is 23.2 Å². The van der Waals surface area contributed by atoms with Crippen molar-refractivity contribution in [1.82, 2.24) is 0 Å². The van der Waals surface area contributed by atoms with Crippen molar-refractivity contribution in [3.63, 3.8) is 0 Å². The van der Waals surface area contributed by atoms with E-state index in [1.165, 1.54) is 16.7 Å². The Kier molecular flexibility index (Phi) is 3.34. The minimum atomic E-state index is -0.412. The Hall–Kier alpha value is -0.640. The molecule has 0 aromatic heterocycles. The van der Waals surface area contributed by atoms with Crippen LogP contribution in [0.3, 0.4) is 0 Å². The van der Waals surface area contributed by atoms with Crippen LogP contribution in [0.4, 0.5) is 0 Å². The van der Waals surface area contributed by atoms with Crippen molar-refractivity contribution in [2.75, 3.05) is 0 Å². The van der Waals surface area contributed by atoms with Crippen molar-refractivity contribution in [3.8, 4) is 0 Å². The SMILES string of the molecule is C[C@H]1[C@H](O)CC2=C3C(CC[C@@]21C)C1CC[C@H](O)C=C1C[C@@H]3O. The van der Waals surface area contributed by atoms with Crippen LogP contribution in [-0.2, 0) is 0 Å². The van der Waals surface area contributed by atoms with E-state index < -0.39 is 6.10 Å². The molecular weight excluding hydrogens is 276 g/mol. The molecule has 122 valence electrons. The van der Waals surface area contributed by atoms with Gasteiger partial charge in [0.15, 0.2) is 0 Å². The lowest BCUT2D eigenvalue weighted by Gasteiger charge is -2.49. The van der Waals surface area contributed by atoms with E-state index in [1.54, 1.807) is 0 Å². The predicted octanol–water partition coefficient (Wildman–Crippen LogP) is 2.56. The number of rotatable bonds is 0. The number of hydrogen-bond donors (Lipinski definition) is 3. The van der Waals surface area contributed by atoms with Gasteiger partial charge in [-0.05, 0) is 67.3 Å². The number of aliphatic hydroxyl groups excluding tert-OH is 3. The monoisotopic (exact) mass is 304 g/mol. The maximum atomic E-state index is 10.8. The first-order chi connectivity index (χ1) is 10.4. The smallest absolute Gasteiger partial charge is 0.0793 e. The fourth-order valence-corrected chi connectivity index (χ4v) is 5.85. The zero-order valence-corrected chi connectivity index (χ0v) is 13.6. The summed E-state index contributed by atoms with van der Waals surface area (Å²) in [5.74, 6) is 1.23. The topological polar surface area (TPSA) is 60.7 Å². The second-order valence-corrected chi connectivity index (χ2v) is 8.27. The van der Waals surface area contributed by atoms with Gasteiger partial charge in [-0.25, -0.2) is 0 Å². The summed E-state index contributed by atoms with van der Waals surface area (Å²) in [6.45, 7) is 4.45. The molecule has 0 aromatic rings. The van der Waals surface area contributed by atoms with Gasteiger partial charge in [0.2, 0.25) is 0 Å². The quantitative estimate of drug-likeness (QED) is 0.603. The number of aliphatic hydroxyl groups is 3. The second-order valence-electron chi connectivity index (χ2n) is 8.27. The zero-order chi connectivity index (χ0) is 15.6. The molecule has 4 rings (SSSR count). The first kappa shape index (κ1) is 14.9. The van der Waals surface area contributed by atoms with E-state index in [2.05, 4.69) is 13.8 Å². The van der Waals surface area contributed by atoms with Crippen molar-refractivity contribution in [3.05, 3.63) is 22.8 Å². The molecule has 0 radical (unpaired) electrons. The highest BCUT2D eigenvalue weighted by atomic mass is 16.3. The van der Waals surface area contributed by atoms with Gasteiger partial charge in [0, 0.05) is 0 Å². The molecule has 0 saturated heterocycles. The van der Waals surface area contributed by atoms with E-state index >= 15 is 0 Å². The standard InChI is InChI=1S/C19H28O3/c1-10-16(21)9-15-18-14(5-6-19(10,15)2)13-4-3-12(20)7-11(13)8-17(18)22/h7,10,12-14,16-17,20-22H,3-6,8-9H2,1-2H3/t10-,12-,13?,14?,16+,17-,19+/m0/s1. The second kappa shape index (κ2) is 4.93. The predicted molar refractivity (Wildman–Crippen MR) is 85.1 cm³/mol. The van der Waals surface area contributed by atoms with Crippen molar-refractivity contribution < 1.29 is 15.3 Å². The van der Waals surface area contributed by atoms with Gasteiger partial charge < -0.3 is 15.3 Å². The maximum Gasteiger partial charge on any atom is 0.0793 e. The summed E-state index contributed by atoms with van der Waals surface area (Å²) in [4.78, 5) is 0. The van der Waals surface area contributed by atoms with Gasteiger partial charge in [0.1, 0.15) is 0 Å². The molecule has 4 aliphatic carbocycles. The lowest BCUT2D eigenvalue weighted by Crippen LogP contribution is -2.41. The van der Waals surface area contributed by atoms with Crippen LogP contribution >= 0.6 is 0 Å². The Morgan fingerprint density at radius 3 is 2.59 bits per heavy atom. The molecular formula is C19H28O3. The molecule has 7 atom stereocenters. The lowest BCUT2D eigenvalue weighted by molar-refractivity contribution is 0.0783. The van der Waals surface area contributed by atoms with Gasteiger partial charge in [-0.2, -0.15) is 0 Å². The molecule has 0 aliphatic heterocycles. The molecule has 0 spiro atoms. The van der Waals surface area contributed by atoms with Crippen LogP contribution in [0.5, 0.6) is 0 Å². The largest absolute Gasteiger partial charge is 0.392 e. The Bertz CT molecular complexity index is 549. The molecule has 2 fully saturated rings. The summed E-state index contributed by atoms with van der Waals surface area (Å²) in [6, 6.07) is 0. The Labute approximate surface area is 132 Å². The van der Waals surface area contributed by atoms with Gasteiger partial charge >= 0.3 is 0 Å². The fraction of sp³-hybridized carbons (Fsp3) is 0.789. The van der Waals surface area contributed by atoms with E-state index in [4.69, 9.17) is 0 Å². The van der Waals surface area contributed by atoms with E-state index in [9.17, 15) is 15.3 Å². The summed E-state index contributed by atoms with van der Waals surface area (Å²) in [5.41, 5.74) is 3.97. The van der Waals surface area contributed by atoms with Gasteiger partial charge in [0.25, 0.3) is 0 Å². The van der Waals surface area contributed by atoms with E-state index in [1.807, 2.05) is 6.08 Å². The van der Waals surface area contributed by atoms with Crippen LogP contribution in [-0.4, -0.2) is 33.6 Å². The highest BCUT2D eigenvalue weighted by Gasteiger charge is 2.53. The average molecular weight is 304 g/mol. The number of hydrogen-bond acceptors (Lipinski definition) is 3. The minimum absolute atomic E-state index is 0.0711. The van der Waals surface area contributed by atoms with Crippen LogP contribution in [0.15, 0.2) is 22.8 Å². The summed E-state index contributed by atoms with van der Waals surface area (Å²) >= 11 is 0. The van der Waals surface area contributed by atoms with Crippen molar-refractivity contribution in [2.45, 2.75) is 70.7 Å². The first-order valence-corrected chi connectivity index (χ1v) is 8.90. The summed E-state index contributed by atoms with van der Waals surface area (Å²) in [6.07, 6.45) is 6.54. The van der Waals surface area contributed by atoms with Crippen molar-refractivity contribution in [2.24, 2.45) is 23.2 Å². The van der Waals surface area contributed by atoms with Gasteiger partial charge in [-0.3, -0.25) is 0 Å². The molecule has 4 aliphatic rings. The molecule has 0 aromatic carbocycles. The molecule has 2 saturated carbocycles. The first-order valence-electron chi connectivity index (χ1n) is 8.90. The van der Waals surface area contributed by atoms with E-state index in [0.717, 1.165) is 32.1 Å². The molecule has 3 heteroatoms. The normalized spacial score (nSPS) is 51.0. The van der Waals surface area contributed by atoms with E-state index in [0.29, 0.717) is 18.3 Å². The van der Waals surface area contributed by atoms with Crippen molar-refractivity contribution in [1.29, 1.82) is 0 Å². The molecule has 0 bridgehead atoms. The maximum absolute atomic E-state index is 10.8.